The van der Waals surface area contributed by atoms with Gasteiger partial charge in [-0.25, -0.2) is 8.42 Å². The van der Waals surface area contributed by atoms with E-state index in [9.17, 15) is 13.2 Å². The second-order valence-electron chi connectivity index (χ2n) is 7.52. The maximum absolute atomic E-state index is 13.4. The molecule has 2 aromatic carbocycles. The number of benzene rings is 2. The van der Waals surface area contributed by atoms with Crippen molar-refractivity contribution in [3.8, 4) is 0 Å². The van der Waals surface area contributed by atoms with Crippen LogP contribution in [0, 0.1) is 12.8 Å². The Balaban J connectivity index is 1.97. The van der Waals surface area contributed by atoms with E-state index in [-0.39, 0.29) is 23.0 Å². The molecule has 3 rings (SSSR count). The zero-order valence-corrected chi connectivity index (χ0v) is 18.8. The molecule has 0 N–H and O–H groups in total. The summed E-state index contributed by atoms with van der Waals surface area (Å²) in [5.74, 6) is 0.335. The summed E-state index contributed by atoms with van der Waals surface area (Å²) in [6, 6.07) is 11.1. The van der Waals surface area contributed by atoms with Crippen molar-refractivity contribution in [1.82, 2.24) is 4.90 Å². The lowest BCUT2D eigenvalue weighted by Gasteiger charge is -2.33. The topological polar surface area (TPSA) is 57.7 Å². The third-order valence-electron chi connectivity index (χ3n) is 5.16. The number of sulfonamides is 1. The molecule has 29 heavy (non-hydrogen) atoms. The molecule has 1 saturated heterocycles. The largest absolute Gasteiger partial charge is 0.341 e. The predicted octanol–water partition coefficient (Wildman–Crippen LogP) is 4.76. The molecule has 1 aliphatic heterocycles. The second-order valence-corrected chi connectivity index (χ2v) is 10.3. The van der Waals surface area contributed by atoms with Crippen molar-refractivity contribution in [1.29, 1.82) is 0 Å². The van der Waals surface area contributed by atoms with Gasteiger partial charge in [0.05, 0.1) is 10.6 Å². The lowest BCUT2D eigenvalue weighted by molar-refractivity contribution is -0.130. The summed E-state index contributed by atoms with van der Waals surface area (Å²) in [5.41, 5.74) is 1.21. The van der Waals surface area contributed by atoms with Gasteiger partial charge in [-0.15, -0.1) is 0 Å². The molecule has 1 aliphatic rings. The van der Waals surface area contributed by atoms with Gasteiger partial charge in [-0.1, -0.05) is 47.8 Å². The van der Waals surface area contributed by atoms with Crippen LogP contribution in [0.1, 0.15) is 25.3 Å². The highest BCUT2D eigenvalue weighted by Gasteiger charge is 2.30. The SMILES string of the molecule is Cc1ccc(S(=O)(=O)N(CC(=O)N2CCC(C)CC2)c2cc(Cl)cc(Cl)c2)cc1. The summed E-state index contributed by atoms with van der Waals surface area (Å²) in [4.78, 5) is 14.8. The lowest BCUT2D eigenvalue weighted by Crippen LogP contribution is -2.45. The number of rotatable bonds is 5. The molecule has 1 fully saturated rings. The minimum atomic E-state index is -3.98. The monoisotopic (exact) mass is 454 g/mol. The first kappa shape index (κ1) is 21.9. The lowest BCUT2D eigenvalue weighted by atomic mass is 9.99. The number of piperidine rings is 1. The van der Waals surface area contributed by atoms with Gasteiger partial charge in [0.15, 0.2) is 0 Å². The van der Waals surface area contributed by atoms with Crippen LogP contribution in [0.3, 0.4) is 0 Å². The van der Waals surface area contributed by atoms with Crippen LogP contribution in [0.15, 0.2) is 47.4 Å². The van der Waals surface area contributed by atoms with Gasteiger partial charge >= 0.3 is 0 Å². The summed E-state index contributed by atoms with van der Waals surface area (Å²) in [6.07, 6.45) is 1.83. The van der Waals surface area contributed by atoms with Crippen molar-refractivity contribution >= 4 is 44.8 Å². The number of hydrogen-bond donors (Lipinski definition) is 0. The Hall–Kier alpha value is -1.76. The standard InChI is InChI=1S/C21H24Cl2N2O3S/c1-15-3-5-20(6-4-15)29(27,28)25(19-12-17(22)11-18(23)13-19)14-21(26)24-9-7-16(2)8-10-24/h3-6,11-13,16H,7-10,14H2,1-2H3. The van der Waals surface area contributed by atoms with E-state index in [0.29, 0.717) is 29.1 Å². The fourth-order valence-electron chi connectivity index (χ4n) is 3.32. The molecule has 0 spiro atoms. The number of anilines is 1. The Kier molecular flexibility index (Phi) is 6.76. The molecule has 0 aromatic heterocycles. The molecule has 1 amide bonds. The van der Waals surface area contributed by atoms with Crippen LogP contribution < -0.4 is 4.31 Å². The summed E-state index contributed by atoms with van der Waals surface area (Å²) in [5, 5.41) is 0.603. The van der Waals surface area contributed by atoms with E-state index in [1.807, 2.05) is 6.92 Å². The number of carbonyl (C=O) groups is 1. The molecule has 1 heterocycles. The summed E-state index contributed by atoms with van der Waals surface area (Å²) in [6.45, 7) is 5.00. The Morgan fingerprint density at radius 3 is 2.17 bits per heavy atom. The maximum Gasteiger partial charge on any atom is 0.264 e. The third kappa shape index (κ3) is 5.24. The van der Waals surface area contributed by atoms with Gasteiger partial charge in [0.2, 0.25) is 5.91 Å². The Labute approximate surface area is 182 Å². The van der Waals surface area contributed by atoms with Crippen molar-refractivity contribution in [3.05, 3.63) is 58.1 Å². The predicted molar refractivity (Wildman–Crippen MR) is 117 cm³/mol. The number of nitrogens with zero attached hydrogens (tertiary/aromatic N) is 2. The molecule has 0 radical (unpaired) electrons. The first-order valence-corrected chi connectivity index (χ1v) is 11.7. The molecule has 5 nitrogen and oxygen atoms in total. The van der Waals surface area contributed by atoms with Crippen LogP contribution in [-0.4, -0.2) is 38.9 Å². The molecule has 0 aliphatic carbocycles. The van der Waals surface area contributed by atoms with Gasteiger partial charge in [-0.2, -0.15) is 0 Å². The van der Waals surface area contributed by atoms with Crippen LogP contribution in [-0.2, 0) is 14.8 Å². The molecule has 2 aromatic rings. The summed E-state index contributed by atoms with van der Waals surface area (Å²) < 4.78 is 27.9. The number of hydrogen-bond acceptors (Lipinski definition) is 3. The summed E-state index contributed by atoms with van der Waals surface area (Å²) in [7, 11) is -3.98. The van der Waals surface area contributed by atoms with Crippen molar-refractivity contribution in [2.75, 3.05) is 23.9 Å². The first-order valence-electron chi connectivity index (χ1n) is 9.50. The first-order chi connectivity index (χ1) is 13.7. The average Bonchev–Trinajstić information content (AvgIpc) is 2.66. The number of halogens is 2. The van der Waals surface area contributed by atoms with Crippen molar-refractivity contribution in [2.45, 2.75) is 31.6 Å². The normalized spacial score (nSPS) is 15.4. The molecular formula is C21H24Cl2N2O3S. The highest BCUT2D eigenvalue weighted by molar-refractivity contribution is 7.92. The number of amides is 1. The Bertz CT molecular complexity index is 965. The fraction of sp³-hybridized carbons (Fsp3) is 0.381. The van der Waals surface area contributed by atoms with Gasteiger partial charge in [0.1, 0.15) is 6.54 Å². The minimum absolute atomic E-state index is 0.110. The van der Waals surface area contributed by atoms with E-state index < -0.39 is 10.0 Å². The van der Waals surface area contributed by atoms with Gasteiger partial charge in [-0.05, 0) is 56.0 Å². The molecule has 0 atom stereocenters. The van der Waals surface area contributed by atoms with E-state index in [2.05, 4.69) is 6.92 Å². The zero-order valence-electron chi connectivity index (χ0n) is 16.4. The molecule has 0 bridgehead atoms. The van der Waals surface area contributed by atoms with E-state index in [1.165, 1.54) is 30.3 Å². The van der Waals surface area contributed by atoms with Crippen molar-refractivity contribution < 1.29 is 13.2 Å². The van der Waals surface area contributed by atoms with E-state index in [0.717, 1.165) is 22.7 Å². The van der Waals surface area contributed by atoms with Gasteiger partial charge in [0, 0.05) is 23.1 Å². The maximum atomic E-state index is 13.4. The quantitative estimate of drug-likeness (QED) is 0.654. The van der Waals surface area contributed by atoms with E-state index in [1.54, 1.807) is 17.0 Å². The Morgan fingerprint density at radius 2 is 1.62 bits per heavy atom. The van der Waals surface area contributed by atoms with Gasteiger partial charge in [0.25, 0.3) is 10.0 Å². The fourth-order valence-corrected chi connectivity index (χ4v) is 5.23. The average molecular weight is 455 g/mol. The van der Waals surface area contributed by atoms with Crippen LogP contribution in [0.2, 0.25) is 10.0 Å². The van der Waals surface area contributed by atoms with E-state index >= 15 is 0 Å². The third-order valence-corrected chi connectivity index (χ3v) is 7.38. The molecule has 8 heteroatoms. The highest BCUT2D eigenvalue weighted by atomic mass is 35.5. The smallest absolute Gasteiger partial charge is 0.264 e. The van der Waals surface area contributed by atoms with Gasteiger partial charge < -0.3 is 4.90 Å². The number of carbonyl (C=O) groups excluding carboxylic acids is 1. The molecule has 0 saturated carbocycles. The van der Waals surface area contributed by atoms with Crippen LogP contribution >= 0.6 is 23.2 Å². The minimum Gasteiger partial charge on any atom is -0.341 e. The second kappa shape index (κ2) is 8.94. The Morgan fingerprint density at radius 1 is 1.07 bits per heavy atom. The van der Waals surface area contributed by atoms with Gasteiger partial charge in [-0.3, -0.25) is 9.10 Å². The highest BCUT2D eigenvalue weighted by Crippen LogP contribution is 2.30. The van der Waals surface area contributed by atoms with E-state index in [4.69, 9.17) is 23.2 Å². The molecule has 156 valence electrons. The molecular weight excluding hydrogens is 431 g/mol. The summed E-state index contributed by atoms with van der Waals surface area (Å²) >= 11 is 12.2. The van der Waals surface area contributed by atoms with Crippen molar-refractivity contribution in [2.24, 2.45) is 5.92 Å². The zero-order chi connectivity index (χ0) is 21.2. The number of likely N-dealkylation sites (tertiary alicyclic amines) is 1. The number of aryl methyl sites for hydroxylation is 1. The molecule has 0 unspecified atom stereocenters. The van der Waals surface area contributed by atoms with Crippen LogP contribution in [0.5, 0.6) is 0 Å². The van der Waals surface area contributed by atoms with Crippen LogP contribution in [0.4, 0.5) is 5.69 Å². The van der Waals surface area contributed by atoms with Crippen molar-refractivity contribution in [3.63, 3.8) is 0 Å². The van der Waals surface area contributed by atoms with Crippen LogP contribution in [0.25, 0.3) is 0 Å².